The van der Waals surface area contributed by atoms with E-state index in [2.05, 4.69) is 26.9 Å². The van der Waals surface area contributed by atoms with Crippen molar-refractivity contribution in [1.29, 1.82) is 0 Å². The second-order valence-electron chi connectivity index (χ2n) is 10.6. The van der Waals surface area contributed by atoms with Crippen LogP contribution >= 0.6 is 0 Å². The van der Waals surface area contributed by atoms with Crippen LogP contribution in [0.25, 0.3) is 21.8 Å². The van der Waals surface area contributed by atoms with Crippen molar-refractivity contribution in [3.05, 3.63) is 63.7 Å². The maximum absolute atomic E-state index is 13.9. The zero-order valence-corrected chi connectivity index (χ0v) is 22.6. The molecule has 0 unspecified atom stereocenters. The highest BCUT2D eigenvalue weighted by molar-refractivity contribution is 6.07. The molecule has 0 spiro atoms. The molecule has 2 aliphatic rings. The van der Waals surface area contributed by atoms with Gasteiger partial charge in [0.1, 0.15) is 0 Å². The van der Waals surface area contributed by atoms with Crippen LogP contribution in [0, 0.1) is 6.92 Å². The van der Waals surface area contributed by atoms with Crippen molar-refractivity contribution >= 4 is 27.7 Å². The minimum absolute atomic E-state index is 0.0110. The van der Waals surface area contributed by atoms with Gasteiger partial charge in [-0.15, -0.1) is 0 Å². The van der Waals surface area contributed by atoms with E-state index in [1.807, 2.05) is 46.8 Å². The highest BCUT2D eigenvalue weighted by atomic mass is 16.5. The predicted molar refractivity (Wildman–Crippen MR) is 148 cm³/mol. The second-order valence-corrected chi connectivity index (χ2v) is 10.6. The van der Waals surface area contributed by atoms with Crippen molar-refractivity contribution in [3.8, 4) is 5.88 Å². The molecule has 2 saturated heterocycles. The molecule has 0 aliphatic carbocycles. The van der Waals surface area contributed by atoms with Crippen LogP contribution in [-0.4, -0.2) is 81.5 Å². The number of nitrogens with zero attached hydrogens (tertiary/aromatic N) is 5. The lowest BCUT2D eigenvalue weighted by atomic mass is 10.0. The fraction of sp³-hybridized carbons (Fsp3) is 0.448. The van der Waals surface area contributed by atoms with Crippen LogP contribution in [0.5, 0.6) is 5.88 Å². The SMILES string of the molecule is COc1cccc(CN2CCN(C(=O)c3cc4c(cc3C)[nH]c(=O)c3cnn(C5CCOCC5)c34)C[C@@H]2C)n1. The number of piperazine rings is 1. The van der Waals surface area contributed by atoms with Gasteiger partial charge >= 0.3 is 0 Å². The minimum Gasteiger partial charge on any atom is -0.481 e. The van der Waals surface area contributed by atoms with E-state index in [-0.39, 0.29) is 23.6 Å². The summed E-state index contributed by atoms with van der Waals surface area (Å²) in [6.45, 7) is 8.14. The van der Waals surface area contributed by atoms with E-state index in [1.54, 1.807) is 13.3 Å². The first kappa shape index (κ1) is 25.5. The van der Waals surface area contributed by atoms with E-state index >= 15 is 0 Å². The summed E-state index contributed by atoms with van der Waals surface area (Å²) in [6.07, 6.45) is 3.33. The number of carbonyl (C=O) groups excluding carboxylic acids is 1. The van der Waals surface area contributed by atoms with Crippen LogP contribution in [0.3, 0.4) is 0 Å². The standard InChI is InChI=1S/C29H34N6O4/c1-18-13-25-23(27-24(28(36)32-25)15-30-35(27)21-7-11-39-12-8-21)14-22(18)29(37)34-10-9-33(19(2)16-34)17-20-5-4-6-26(31-20)38-3/h4-6,13-15,19,21H,7-12,16-17H2,1-3H3,(H,32,36)/t19-/m0/s1. The molecule has 6 rings (SSSR count). The van der Waals surface area contributed by atoms with Crippen LogP contribution < -0.4 is 10.3 Å². The zero-order valence-electron chi connectivity index (χ0n) is 22.6. The summed E-state index contributed by atoms with van der Waals surface area (Å²) in [5.74, 6) is 0.617. The molecule has 1 atom stereocenters. The fourth-order valence-corrected chi connectivity index (χ4v) is 5.88. The third kappa shape index (κ3) is 4.79. The smallest absolute Gasteiger partial charge is 0.259 e. The average Bonchev–Trinajstić information content (AvgIpc) is 3.40. The number of hydrogen-bond acceptors (Lipinski definition) is 7. The summed E-state index contributed by atoms with van der Waals surface area (Å²) >= 11 is 0. The highest BCUT2D eigenvalue weighted by Gasteiger charge is 2.29. The lowest BCUT2D eigenvalue weighted by Gasteiger charge is -2.40. The van der Waals surface area contributed by atoms with Crippen molar-refractivity contribution in [2.45, 2.75) is 45.3 Å². The largest absolute Gasteiger partial charge is 0.481 e. The molecule has 0 radical (unpaired) electrons. The number of fused-ring (bicyclic) bond motifs is 3. The average molecular weight is 531 g/mol. The highest BCUT2D eigenvalue weighted by Crippen LogP contribution is 2.30. The first-order valence-corrected chi connectivity index (χ1v) is 13.6. The number of hydrogen-bond donors (Lipinski definition) is 1. The number of H-pyrrole nitrogens is 1. The Morgan fingerprint density at radius 1 is 1.18 bits per heavy atom. The predicted octanol–water partition coefficient (Wildman–Crippen LogP) is 3.29. The Morgan fingerprint density at radius 2 is 2.00 bits per heavy atom. The summed E-state index contributed by atoms with van der Waals surface area (Å²) in [5, 5.41) is 6.00. The molecular formula is C29H34N6O4. The molecule has 0 saturated carbocycles. The van der Waals surface area contributed by atoms with E-state index in [0.717, 1.165) is 47.1 Å². The molecule has 10 nitrogen and oxygen atoms in total. The number of rotatable bonds is 5. The normalized spacial score (nSPS) is 19.2. The number of aromatic amines is 1. The number of aryl methyl sites for hydroxylation is 1. The summed E-state index contributed by atoms with van der Waals surface area (Å²) < 4.78 is 12.8. The van der Waals surface area contributed by atoms with E-state index < -0.39 is 0 Å². The third-order valence-corrected chi connectivity index (χ3v) is 8.08. The van der Waals surface area contributed by atoms with Gasteiger partial charge in [-0.3, -0.25) is 19.2 Å². The van der Waals surface area contributed by atoms with Gasteiger partial charge in [0, 0.05) is 62.5 Å². The van der Waals surface area contributed by atoms with E-state index in [4.69, 9.17) is 9.47 Å². The minimum atomic E-state index is -0.162. The van der Waals surface area contributed by atoms with Crippen LogP contribution in [0.1, 0.15) is 47.4 Å². The summed E-state index contributed by atoms with van der Waals surface area (Å²) in [7, 11) is 1.62. The number of nitrogens with one attached hydrogen (secondary N) is 1. The Morgan fingerprint density at radius 3 is 2.77 bits per heavy atom. The van der Waals surface area contributed by atoms with Gasteiger partial charge in [0.15, 0.2) is 0 Å². The maximum atomic E-state index is 13.9. The van der Waals surface area contributed by atoms with Crippen LogP contribution in [-0.2, 0) is 11.3 Å². The number of aromatic nitrogens is 4. The molecule has 4 aromatic rings. The lowest BCUT2D eigenvalue weighted by molar-refractivity contribution is 0.0491. The topological polar surface area (TPSA) is 106 Å². The first-order chi connectivity index (χ1) is 18.9. The summed E-state index contributed by atoms with van der Waals surface area (Å²) in [4.78, 5) is 38.6. The molecule has 1 amide bonds. The Kier molecular flexibility index (Phi) is 6.82. The molecule has 5 heterocycles. The molecule has 3 aromatic heterocycles. The molecule has 1 aromatic carbocycles. The molecule has 2 fully saturated rings. The molecule has 39 heavy (non-hydrogen) atoms. The van der Waals surface area contributed by atoms with Gasteiger partial charge in [0.05, 0.1) is 41.5 Å². The monoisotopic (exact) mass is 530 g/mol. The number of benzene rings is 1. The Balaban J connectivity index is 1.28. The first-order valence-electron chi connectivity index (χ1n) is 13.6. The van der Waals surface area contributed by atoms with Crippen LogP contribution in [0.4, 0.5) is 0 Å². The third-order valence-electron chi connectivity index (χ3n) is 8.08. The van der Waals surface area contributed by atoms with Gasteiger partial charge in [-0.05, 0) is 50.5 Å². The van der Waals surface area contributed by atoms with Crippen molar-refractivity contribution < 1.29 is 14.3 Å². The van der Waals surface area contributed by atoms with E-state index in [1.165, 1.54) is 0 Å². The molecular weight excluding hydrogens is 496 g/mol. The fourth-order valence-electron chi connectivity index (χ4n) is 5.88. The van der Waals surface area contributed by atoms with E-state index in [0.29, 0.717) is 49.7 Å². The van der Waals surface area contributed by atoms with Gasteiger partial charge in [-0.1, -0.05) is 6.07 Å². The van der Waals surface area contributed by atoms with Gasteiger partial charge < -0.3 is 19.4 Å². The second kappa shape index (κ2) is 10.4. The van der Waals surface area contributed by atoms with E-state index in [9.17, 15) is 9.59 Å². The summed E-state index contributed by atoms with van der Waals surface area (Å²) in [6, 6.07) is 9.99. The number of carbonyl (C=O) groups is 1. The Hall–Kier alpha value is -3.76. The van der Waals surface area contributed by atoms with Crippen LogP contribution in [0.15, 0.2) is 41.3 Å². The van der Waals surface area contributed by atoms with Gasteiger partial charge in [0.25, 0.3) is 11.5 Å². The zero-order chi connectivity index (χ0) is 27.1. The van der Waals surface area contributed by atoms with Crippen molar-refractivity contribution in [3.63, 3.8) is 0 Å². The molecule has 0 bridgehead atoms. The van der Waals surface area contributed by atoms with Gasteiger partial charge in [-0.2, -0.15) is 5.10 Å². The Bertz CT molecular complexity index is 1590. The number of ether oxygens (including phenoxy) is 2. The molecule has 10 heteroatoms. The number of methoxy groups -OCH3 is 1. The van der Waals surface area contributed by atoms with Crippen LogP contribution in [0.2, 0.25) is 0 Å². The number of amides is 1. The number of pyridine rings is 2. The quantitative estimate of drug-likeness (QED) is 0.422. The Labute approximate surface area is 226 Å². The summed E-state index contributed by atoms with van der Waals surface area (Å²) in [5.41, 5.74) is 3.80. The van der Waals surface area contributed by atoms with Crippen molar-refractivity contribution in [2.24, 2.45) is 0 Å². The molecule has 1 N–H and O–H groups in total. The maximum Gasteiger partial charge on any atom is 0.259 e. The van der Waals surface area contributed by atoms with Crippen molar-refractivity contribution in [2.75, 3.05) is 40.0 Å². The molecule has 204 valence electrons. The van der Waals surface area contributed by atoms with Gasteiger partial charge in [-0.25, -0.2) is 4.98 Å². The van der Waals surface area contributed by atoms with Crippen molar-refractivity contribution in [1.82, 2.24) is 29.5 Å². The lowest BCUT2D eigenvalue weighted by Crippen LogP contribution is -2.53. The van der Waals surface area contributed by atoms with Gasteiger partial charge in [0.2, 0.25) is 5.88 Å². The molecule has 2 aliphatic heterocycles.